The van der Waals surface area contributed by atoms with Crippen LogP contribution in [-0.4, -0.2) is 97.3 Å². The van der Waals surface area contributed by atoms with Crippen molar-refractivity contribution in [2.75, 3.05) is 49.2 Å². The predicted octanol–water partition coefficient (Wildman–Crippen LogP) is 2.78. The van der Waals surface area contributed by atoms with E-state index in [2.05, 4.69) is 20.0 Å². The van der Waals surface area contributed by atoms with Gasteiger partial charge >= 0.3 is 0 Å². The highest BCUT2D eigenvalue weighted by atomic mass is 32.2. The Morgan fingerprint density at radius 3 is 2.40 bits per heavy atom. The zero-order valence-corrected chi connectivity index (χ0v) is 27.4. The van der Waals surface area contributed by atoms with E-state index < -0.39 is 39.7 Å². The molecule has 2 aliphatic rings. The summed E-state index contributed by atoms with van der Waals surface area (Å²) >= 11 is 0. The van der Waals surface area contributed by atoms with E-state index in [-0.39, 0.29) is 23.3 Å². The number of rotatable bonds is 13. The largest absolute Gasteiger partial charge is 0.339 e. The molecule has 3 amide bonds. The lowest BCUT2D eigenvalue weighted by Crippen LogP contribution is -2.55. The lowest BCUT2D eigenvalue weighted by Gasteiger charge is -2.36. The lowest BCUT2D eigenvalue weighted by atomic mass is 9.82. The summed E-state index contributed by atoms with van der Waals surface area (Å²) in [4.78, 5) is 44.9. The molecule has 0 unspecified atom stereocenters. The average Bonchev–Trinajstić information content (AvgIpc) is 3.52. The minimum atomic E-state index is -3.75. The zero-order valence-electron chi connectivity index (χ0n) is 26.6. The van der Waals surface area contributed by atoms with Gasteiger partial charge in [-0.05, 0) is 57.4 Å². The molecular formula is C31H46FN7O5S. The third kappa shape index (κ3) is 8.27. The third-order valence-corrected chi connectivity index (χ3v) is 10.5. The molecule has 1 saturated carbocycles. The molecule has 2 heterocycles. The van der Waals surface area contributed by atoms with E-state index in [9.17, 15) is 22.8 Å². The van der Waals surface area contributed by atoms with E-state index in [0.717, 1.165) is 32.1 Å². The van der Waals surface area contributed by atoms with Crippen molar-refractivity contribution in [3.05, 3.63) is 41.8 Å². The van der Waals surface area contributed by atoms with Crippen molar-refractivity contribution in [1.29, 1.82) is 0 Å². The van der Waals surface area contributed by atoms with Crippen LogP contribution in [0.2, 0.25) is 0 Å². The summed E-state index contributed by atoms with van der Waals surface area (Å²) in [7, 11) is -1.80. The molecule has 0 radical (unpaired) electrons. The quantitative estimate of drug-likeness (QED) is 0.319. The van der Waals surface area contributed by atoms with Gasteiger partial charge in [0.15, 0.2) is 0 Å². The highest BCUT2D eigenvalue weighted by Gasteiger charge is 2.37. The molecule has 1 saturated heterocycles. The second kappa shape index (κ2) is 15.3. The van der Waals surface area contributed by atoms with Crippen molar-refractivity contribution < 1.29 is 27.2 Å². The van der Waals surface area contributed by atoms with Gasteiger partial charge in [0.05, 0.1) is 17.6 Å². The van der Waals surface area contributed by atoms with Gasteiger partial charge in [0.1, 0.15) is 23.7 Å². The van der Waals surface area contributed by atoms with E-state index in [4.69, 9.17) is 0 Å². The maximum atomic E-state index is 15.7. The van der Waals surface area contributed by atoms with Gasteiger partial charge in [0.2, 0.25) is 28.2 Å². The number of carbonyl (C=O) groups is 3. The Hall–Kier alpha value is -3.36. The number of piperazine rings is 1. The smallest absolute Gasteiger partial charge is 0.247 e. The minimum Gasteiger partial charge on any atom is -0.339 e. The molecule has 2 aromatic rings. The number of hydrogen-bond donors (Lipinski definition) is 2. The average molecular weight is 648 g/mol. The monoisotopic (exact) mass is 647 g/mol. The Labute approximate surface area is 265 Å². The molecule has 1 aromatic carbocycles. The molecule has 1 aromatic heterocycles. The maximum absolute atomic E-state index is 15.7. The summed E-state index contributed by atoms with van der Waals surface area (Å²) < 4.78 is 45.0. The summed E-state index contributed by atoms with van der Waals surface area (Å²) in [6.07, 6.45) is 6.66. The molecule has 4 rings (SSSR count). The van der Waals surface area contributed by atoms with Crippen molar-refractivity contribution in [2.45, 2.75) is 77.4 Å². The van der Waals surface area contributed by atoms with Gasteiger partial charge in [-0.15, -0.1) is 0 Å². The molecule has 45 heavy (non-hydrogen) atoms. The SMILES string of the molecule is CCn1nccc1N(C=O)[C@H](C(=O)Nc1ccc([C@H](C)[C@@H](NS(=O)(=O)CC)C(=O)N2CCN(C)CC2)cc1F)C1CCCCC1. The molecule has 2 fully saturated rings. The fourth-order valence-corrected chi connectivity index (χ4v) is 7.11. The van der Waals surface area contributed by atoms with E-state index in [0.29, 0.717) is 50.5 Å². The van der Waals surface area contributed by atoms with Crippen LogP contribution in [0.4, 0.5) is 15.9 Å². The van der Waals surface area contributed by atoms with Crippen LogP contribution in [0.25, 0.3) is 0 Å². The van der Waals surface area contributed by atoms with Gasteiger partial charge in [0.25, 0.3) is 0 Å². The van der Waals surface area contributed by atoms with E-state index in [1.54, 1.807) is 34.8 Å². The molecule has 1 aliphatic carbocycles. The lowest BCUT2D eigenvalue weighted by molar-refractivity contribution is -0.135. The summed E-state index contributed by atoms with van der Waals surface area (Å²) in [6, 6.07) is 3.93. The highest BCUT2D eigenvalue weighted by molar-refractivity contribution is 7.89. The van der Waals surface area contributed by atoms with Gasteiger partial charge < -0.3 is 15.1 Å². The van der Waals surface area contributed by atoms with Gasteiger partial charge in [-0.3, -0.25) is 19.3 Å². The number of anilines is 2. The van der Waals surface area contributed by atoms with Crippen LogP contribution >= 0.6 is 0 Å². The molecule has 3 atom stereocenters. The molecule has 1 aliphatic heterocycles. The molecule has 0 spiro atoms. The molecule has 12 nitrogen and oxygen atoms in total. The normalized spacial score (nSPS) is 18.6. The predicted molar refractivity (Wildman–Crippen MR) is 171 cm³/mol. The van der Waals surface area contributed by atoms with Gasteiger partial charge in [0, 0.05) is 44.7 Å². The Kier molecular flexibility index (Phi) is 11.7. The minimum absolute atomic E-state index is 0.0670. The van der Waals surface area contributed by atoms with Crippen LogP contribution in [0.15, 0.2) is 30.5 Å². The van der Waals surface area contributed by atoms with E-state index >= 15 is 4.39 Å². The fraction of sp³-hybridized carbons (Fsp3) is 0.613. The van der Waals surface area contributed by atoms with E-state index in [1.165, 1.54) is 24.0 Å². The Morgan fingerprint density at radius 2 is 1.80 bits per heavy atom. The maximum Gasteiger partial charge on any atom is 0.247 e. The van der Waals surface area contributed by atoms with E-state index in [1.807, 2.05) is 14.0 Å². The standard InChI is InChI=1S/C31H46FN7O5S/c1-5-39-27(14-15-33-39)38(21-40)29(23-10-8-7-9-11-23)30(41)34-26-13-12-24(20-25(26)32)22(3)28(35-45(43,44)6-2)31(42)37-18-16-36(4)17-19-37/h12-15,20-23,28-29,35H,5-11,16-19H2,1-4H3,(H,34,41)/t22-,28+,29-/m0/s1. The van der Waals surface area contributed by atoms with Crippen LogP contribution in [0.3, 0.4) is 0 Å². The zero-order chi connectivity index (χ0) is 32.7. The topological polar surface area (TPSA) is 137 Å². The molecule has 248 valence electrons. The summed E-state index contributed by atoms with van der Waals surface area (Å²) in [6.45, 7) is 7.83. The van der Waals surface area contributed by atoms with Crippen molar-refractivity contribution >= 4 is 39.8 Å². The highest BCUT2D eigenvalue weighted by Crippen LogP contribution is 2.32. The summed E-state index contributed by atoms with van der Waals surface area (Å²) in [5.41, 5.74) is 0.338. The van der Waals surface area contributed by atoms with Crippen molar-refractivity contribution in [3.8, 4) is 0 Å². The van der Waals surface area contributed by atoms with Gasteiger partial charge in [-0.25, -0.2) is 22.2 Å². The Morgan fingerprint density at radius 1 is 1.11 bits per heavy atom. The number of likely N-dealkylation sites (N-methyl/N-ethyl adjacent to an activating group) is 1. The number of sulfonamides is 1. The van der Waals surface area contributed by atoms with Gasteiger partial charge in [-0.1, -0.05) is 32.3 Å². The third-order valence-electron chi connectivity index (χ3n) is 9.08. The molecule has 2 N–H and O–H groups in total. The first-order chi connectivity index (χ1) is 21.5. The Bertz CT molecular complexity index is 1440. The molecule has 14 heteroatoms. The van der Waals surface area contributed by atoms with Crippen LogP contribution in [0.5, 0.6) is 0 Å². The number of nitrogens with one attached hydrogen (secondary N) is 2. The number of nitrogens with zero attached hydrogens (tertiary/aromatic N) is 5. The van der Waals surface area contributed by atoms with Crippen molar-refractivity contribution in [3.63, 3.8) is 0 Å². The van der Waals surface area contributed by atoms with Crippen molar-refractivity contribution in [1.82, 2.24) is 24.3 Å². The van der Waals surface area contributed by atoms with Crippen molar-refractivity contribution in [2.24, 2.45) is 5.92 Å². The number of halogens is 1. The number of amides is 3. The Balaban J connectivity index is 1.58. The van der Waals surface area contributed by atoms with Crippen LogP contribution in [0.1, 0.15) is 64.4 Å². The second-order valence-corrected chi connectivity index (χ2v) is 14.0. The fourth-order valence-electron chi connectivity index (χ4n) is 6.25. The first kappa shape index (κ1) is 34.5. The first-order valence-corrected chi connectivity index (χ1v) is 17.5. The number of benzene rings is 1. The van der Waals surface area contributed by atoms with Gasteiger partial charge in [-0.2, -0.15) is 5.10 Å². The summed E-state index contributed by atoms with van der Waals surface area (Å²) in [5.74, 6) is -2.11. The molecular weight excluding hydrogens is 601 g/mol. The number of hydrogen-bond acceptors (Lipinski definition) is 7. The van der Waals surface area contributed by atoms with Crippen LogP contribution < -0.4 is 14.9 Å². The summed E-state index contributed by atoms with van der Waals surface area (Å²) in [5, 5.41) is 6.96. The van der Waals surface area contributed by atoms with Crippen LogP contribution in [0, 0.1) is 11.7 Å². The molecule has 0 bridgehead atoms. The number of aryl methyl sites for hydroxylation is 1. The first-order valence-electron chi connectivity index (χ1n) is 15.8. The second-order valence-electron chi connectivity index (χ2n) is 12.0. The number of carbonyl (C=O) groups excluding carboxylic acids is 3. The number of aromatic nitrogens is 2. The van der Waals surface area contributed by atoms with Crippen LogP contribution in [-0.2, 0) is 31.0 Å².